The maximum Gasteiger partial charge on any atom is 0.361 e. The number of methoxy groups -OCH3 is 1. The molecular formula is C20H26N4O3. The topological polar surface area (TPSA) is 78.1 Å². The molecule has 0 radical (unpaired) electrons. The van der Waals surface area contributed by atoms with E-state index >= 15 is 0 Å². The van der Waals surface area contributed by atoms with Crippen molar-refractivity contribution in [3.8, 4) is 0 Å². The normalized spacial score (nSPS) is 20.1. The lowest BCUT2D eigenvalue weighted by molar-refractivity contribution is 0.0519. The number of azo groups is 1. The number of esters is 1. The van der Waals surface area contributed by atoms with E-state index in [1.54, 1.807) is 18.7 Å². The summed E-state index contributed by atoms with van der Waals surface area (Å²) < 4.78 is 12.4. The van der Waals surface area contributed by atoms with Crippen molar-refractivity contribution in [1.82, 2.24) is 9.78 Å². The van der Waals surface area contributed by atoms with Crippen LogP contribution in [0.15, 0.2) is 40.6 Å². The summed E-state index contributed by atoms with van der Waals surface area (Å²) in [7, 11) is 3.61. The first-order valence-corrected chi connectivity index (χ1v) is 9.37. The van der Waals surface area contributed by atoms with Gasteiger partial charge in [-0.15, -0.1) is 5.11 Å². The molecule has 0 spiro atoms. The molecule has 0 saturated heterocycles. The summed E-state index contributed by atoms with van der Waals surface area (Å²) in [5, 5.41) is 13.2. The summed E-state index contributed by atoms with van der Waals surface area (Å²) in [4.78, 5) is 12.4. The van der Waals surface area contributed by atoms with Crippen LogP contribution in [0, 0.1) is 0 Å². The Morgan fingerprint density at radius 1 is 1.19 bits per heavy atom. The predicted octanol–water partition coefficient (Wildman–Crippen LogP) is 4.68. The highest BCUT2D eigenvalue weighted by Crippen LogP contribution is 2.40. The van der Waals surface area contributed by atoms with Gasteiger partial charge < -0.3 is 9.47 Å². The predicted molar refractivity (Wildman–Crippen MR) is 102 cm³/mol. The second kappa shape index (κ2) is 8.90. The second-order valence-corrected chi connectivity index (χ2v) is 6.67. The van der Waals surface area contributed by atoms with Crippen LogP contribution in [0.1, 0.15) is 54.7 Å². The van der Waals surface area contributed by atoms with Crippen LogP contribution in [0.25, 0.3) is 0 Å². The number of carbonyl (C=O) groups is 1. The van der Waals surface area contributed by atoms with Crippen LogP contribution < -0.4 is 0 Å². The van der Waals surface area contributed by atoms with Crippen LogP contribution in [0.3, 0.4) is 0 Å². The number of hydrogen-bond donors (Lipinski definition) is 0. The Hall–Kier alpha value is -2.54. The molecule has 1 aliphatic carbocycles. The van der Waals surface area contributed by atoms with Crippen molar-refractivity contribution < 1.29 is 14.3 Å². The van der Waals surface area contributed by atoms with Gasteiger partial charge in [-0.05, 0) is 44.7 Å². The van der Waals surface area contributed by atoms with E-state index in [1.165, 1.54) is 0 Å². The number of ether oxygens (including phenoxy) is 2. The molecule has 1 fully saturated rings. The minimum atomic E-state index is -0.466. The number of aromatic nitrogens is 2. The fourth-order valence-corrected chi connectivity index (χ4v) is 3.59. The average molecular weight is 370 g/mol. The van der Waals surface area contributed by atoms with E-state index in [2.05, 4.69) is 15.3 Å². The summed E-state index contributed by atoms with van der Waals surface area (Å²) in [6.45, 7) is 2.07. The smallest absolute Gasteiger partial charge is 0.361 e. The molecule has 27 heavy (non-hydrogen) atoms. The molecule has 0 aliphatic heterocycles. The zero-order valence-electron chi connectivity index (χ0n) is 16.1. The molecule has 0 N–H and O–H groups in total. The van der Waals surface area contributed by atoms with Crippen LogP contribution >= 0.6 is 0 Å². The quantitative estimate of drug-likeness (QED) is 0.546. The van der Waals surface area contributed by atoms with Crippen LogP contribution in [-0.4, -0.2) is 35.6 Å². The average Bonchev–Trinajstić information content (AvgIpc) is 3.03. The van der Waals surface area contributed by atoms with Crippen molar-refractivity contribution in [2.75, 3.05) is 13.7 Å². The molecule has 0 amide bonds. The van der Waals surface area contributed by atoms with Gasteiger partial charge in [0, 0.05) is 20.1 Å². The van der Waals surface area contributed by atoms with Gasteiger partial charge in [0.1, 0.15) is 5.69 Å². The van der Waals surface area contributed by atoms with Crippen molar-refractivity contribution in [3.05, 3.63) is 41.7 Å². The molecule has 144 valence electrons. The minimum absolute atomic E-state index is 0.225. The van der Waals surface area contributed by atoms with E-state index in [-0.39, 0.29) is 11.6 Å². The van der Waals surface area contributed by atoms with Crippen molar-refractivity contribution in [1.29, 1.82) is 0 Å². The van der Waals surface area contributed by atoms with Gasteiger partial charge in [-0.3, -0.25) is 4.68 Å². The van der Waals surface area contributed by atoms with Crippen molar-refractivity contribution in [2.45, 2.75) is 44.6 Å². The van der Waals surface area contributed by atoms with Crippen LogP contribution in [0.4, 0.5) is 11.4 Å². The third-order valence-corrected chi connectivity index (χ3v) is 4.95. The summed E-state index contributed by atoms with van der Waals surface area (Å²) in [5.41, 5.74) is 2.40. The molecule has 0 unspecified atom stereocenters. The molecule has 1 aromatic carbocycles. The first-order chi connectivity index (χ1) is 13.1. The molecule has 0 atom stereocenters. The van der Waals surface area contributed by atoms with Gasteiger partial charge in [0.2, 0.25) is 0 Å². The number of carbonyl (C=O) groups excluding carboxylic acids is 1. The van der Waals surface area contributed by atoms with Crippen LogP contribution in [0.5, 0.6) is 0 Å². The monoisotopic (exact) mass is 370 g/mol. The summed E-state index contributed by atoms with van der Waals surface area (Å²) in [5.74, 6) is -0.200. The van der Waals surface area contributed by atoms with Crippen molar-refractivity contribution in [2.24, 2.45) is 17.3 Å². The summed E-state index contributed by atoms with van der Waals surface area (Å²) in [6, 6.07) is 9.46. The van der Waals surface area contributed by atoms with E-state index in [4.69, 9.17) is 9.47 Å². The minimum Gasteiger partial charge on any atom is -0.461 e. The third kappa shape index (κ3) is 4.42. The molecule has 3 rings (SSSR count). The number of aryl methyl sites for hydroxylation is 1. The second-order valence-electron chi connectivity index (χ2n) is 6.67. The highest BCUT2D eigenvalue weighted by Gasteiger charge is 2.31. The SMILES string of the molecule is CCOC(=O)c1nn(C)c(C2CCC(OC)CC2)c1N=Nc1ccccc1. The Labute approximate surface area is 159 Å². The Morgan fingerprint density at radius 3 is 2.52 bits per heavy atom. The zero-order chi connectivity index (χ0) is 19.2. The van der Waals surface area contributed by atoms with E-state index in [9.17, 15) is 4.79 Å². The lowest BCUT2D eigenvalue weighted by Gasteiger charge is -2.27. The molecule has 2 aromatic rings. The number of rotatable bonds is 6. The highest BCUT2D eigenvalue weighted by molar-refractivity contribution is 5.93. The largest absolute Gasteiger partial charge is 0.461 e. The van der Waals surface area contributed by atoms with Crippen LogP contribution in [-0.2, 0) is 16.5 Å². The molecule has 1 heterocycles. The molecule has 1 aromatic heterocycles. The molecule has 1 aliphatic rings. The standard InChI is InChI=1S/C20H26N4O3/c1-4-27-20(25)18-17(22-21-15-8-6-5-7-9-15)19(24(2)23-18)14-10-12-16(26-3)13-11-14/h5-9,14,16H,4,10-13H2,1-3H3. The van der Waals surface area contributed by atoms with Gasteiger partial charge in [0.25, 0.3) is 0 Å². The molecule has 7 nitrogen and oxygen atoms in total. The Morgan fingerprint density at radius 2 is 1.89 bits per heavy atom. The fraction of sp³-hybridized carbons (Fsp3) is 0.500. The summed E-state index contributed by atoms with van der Waals surface area (Å²) >= 11 is 0. The van der Waals surface area contributed by atoms with Crippen molar-refractivity contribution in [3.63, 3.8) is 0 Å². The van der Waals surface area contributed by atoms with Crippen molar-refractivity contribution >= 4 is 17.3 Å². The lowest BCUT2D eigenvalue weighted by Crippen LogP contribution is -2.20. The van der Waals surface area contributed by atoms with Gasteiger partial charge in [0.15, 0.2) is 5.69 Å². The maximum absolute atomic E-state index is 12.4. The third-order valence-electron chi connectivity index (χ3n) is 4.95. The van der Waals surface area contributed by atoms with Gasteiger partial charge in [-0.1, -0.05) is 18.2 Å². The Balaban J connectivity index is 1.96. The molecule has 7 heteroatoms. The number of nitrogens with zero attached hydrogens (tertiary/aromatic N) is 4. The Kier molecular flexibility index (Phi) is 6.34. The maximum atomic E-state index is 12.4. The lowest BCUT2D eigenvalue weighted by atomic mass is 9.84. The molecule has 0 bridgehead atoms. The summed E-state index contributed by atoms with van der Waals surface area (Å²) in [6.07, 6.45) is 4.20. The van der Waals surface area contributed by atoms with Gasteiger partial charge >= 0.3 is 5.97 Å². The van der Waals surface area contributed by atoms with Gasteiger partial charge in [0.05, 0.1) is 24.1 Å². The van der Waals surface area contributed by atoms with Gasteiger partial charge in [-0.25, -0.2) is 4.79 Å². The number of benzene rings is 1. The van der Waals surface area contributed by atoms with E-state index in [1.807, 2.05) is 37.4 Å². The van der Waals surface area contributed by atoms with E-state index < -0.39 is 5.97 Å². The first kappa shape index (κ1) is 19.2. The number of hydrogen-bond acceptors (Lipinski definition) is 6. The van der Waals surface area contributed by atoms with Gasteiger partial charge in [-0.2, -0.15) is 10.2 Å². The molecular weight excluding hydrogens is 344 g/mol. The first-order valence-electron chi connectivity index (χ1n) is 9.37. The van der Waals surface area contributed by atoms with E-state index in [0.717, 1.165) is 37.1 Å². The van der Waals surface area contributed by atoms with E-state index in [0.29, 0.717) is 18.4 Å². The zero-order valence-corrected chi connectivity index (χ0v) is 16.1. The van der Waals surface area contributed by atoms with Crippen LogP contribution in [0.2, 0.25) is 0 Å². The Bertz CT molecular complexity index is 793. The molecule has 1 saturated carbocycles. The fourth-order valence-electron chi connectivity index (χ4n) is 3.59. The highest BCUT2D eigenvalue weighted by atomic mass is 16.5.